The molecule has 1 aromatic rings. The van der Waals surface area contributed by atoms with Crippen molar-refractivity contribution in [1.82, 2.24) is 5.32 Å². The molecule has 0 fully saturated rings. The second-order valence-corrected chi connectivity index (χ2v) is 4.04. The molecule has 0 saturated heterocycles. The van der Waals surface area contributed by atoms with Crippen LogP contribution in [-0.2, 0) is 0 Å². The maximum Gasteiger partial charge on any atom is 0.186 e. The highest BCUT2D eigenvalue weighted by Crippen LogP contribution is 2.08. The molecule has 0 amide bonds. The van der Waals surface area contributed by atoms with Gasteiger partial charge in [0.25, 0.3) is 0 Å². The van der Waals surface area contributed by atoms with E-state index in [9.17, 15) is 4.79 Å². The maximum absolute atomic E-state index is 11.5. The fourth-order valence-corrected chi connectivity index (χ4v) is 1.60. The third-order valence-electron chi connectivity index (χ3n) is 2.02. The van der Waals surface area contributed by atoms with Gasteiger partial charge in [-0.3, -0.25) is 4.79 Å². The summed E-state index contributed by atoms with van der Waals surface area (Å²) in [5, 5.41) is 5.10. The summed E-state index contributed by atoms with van der Waals surface area (Å²) in [6.45, 7) is 4.64. The van der Waals surface area contributed by atoms with Crippen LogP contribution in [0.5, 0.6) is 0 Å². The van der Waals surface area contributed by atoms with Gasteiger partial charge in [0.15, 0.2) is 5.78 Å². The van der Waals surface area contributed by atoms with Gasteiger partial charge in [0.05, 0.1) is 11.4 Å². The van der Waals surface area contributed by atoms with Gasteiger partial charge in [-0.05, 0) is 24.8 Å². The SMILES string of the molecule is CCC(C)NCC(=O)c1cccs1. The van der Waals surface area contributed by atoms with Crippen LogP contribution in [0.1, 0.15) is 29.9 Å². The summed E-state index contributed by atoms with van der Waals surface area (Å²) in [4.78, 5) is 12.3. The lowest BCUT2D eigenvalue weighted by molar-refractivity contribution is 0.0991. The van der Waals surface area contributed by atoms with E-state index in [-0.39, 0.29) is 5.78 Å². The van der Waals surface area contributed by atoms with Crippen LogP contribution in [0.25, 0.3) is 0 Å². The predicted molar refractivity (Wildman–Crippen MR) is 56.4 cm³/mol. The number of hydrogen-bond acceptors (Lipinski definition) is 3. The minimum Gasteiger partial charge on any atom is -0.307 e. The third-order valence-corrected chi connectivity index (χ3v) is 2.93. The predicted octanol–water partition coefficient (Wildman–Crippen LogP) is 2.32. The van der Waals surface area contributed by atoms with E-state index in [0.717, 1.165) is 11.3 Å². The van der Waals surface area contributed by atoms with Gasteiger partial charge < -0.3 is 5.32 Å². The van der Waals surface area contributed by atoms with Crippen LogP contribution in [0, 0.1) is 0 Å². The van der Waals surface area contributed by atoms with E-state index < -0.39 is 0 Å². The van der Waals surface area contributed by atoms with Crippen LogP contribution >= 0.6 is 11.3 Å². The normalized spacial score (nSPS) is 12.8. The standard InChI is InChI=1S/C10H15NOS/c1-3-8(2)11-7-9(12)10-5-4-6-13-10/h4-6,8,11H,3,7H2,1-2H3. The Morgan fingerprint density at radius 1 is 1.69 bits per heavy atom. The van der Waals surface area contributed by atoms with Crippen molar-refractivity contribution in [2.75, 3.05) is 6.54 Å². The lowest BCUT2D eigenvalue weighted by Crippen LogP contribution is -2.30. The molecule has 1 aromatic heterocycles. The van der Waals surface area contributed by atoms with E-state index in [1.54, 1.807) is 0 Å². The second-order valence-electron chi connectivity index (χ2n) is 3.09. The molecule has 1 N–H and O–H groups in total. The number of ketones is 1. The number of hydrogen-bond donors (Lipinski definition) is 1. The maximum atomic E-state index is 11.5. The molecular weight excluding hydrogens is 182 g/mol. The summed E-state index contributed by atoms with van der Waals surface area (Å²) in [6, 6.07) is 4.19. The van der Waals surface area contributed by atoms with Crippen molar-refractivity contribution < 1.29 is 4.79 Å². The van der Waals surface area contributed by atoms with Gasteiger partial charge in [-0.2, -0.15) is 0 Å². The number of rotatable bonds is 5. The van der Waals surface area contributed by atoms with Gasteiger partial charge in [0, 0.05) is 6.04 Å². The van der Waals surface area contributed by atoms with E-state index in [0.29, 0.717) is 12.6 Å². The second kappa shape index (κ2) is 5.14. The minimum absolute atomic E-state index is 0.190. The third kappa shape index (κ3) is 3.28. The molecule has 0 saturated carbocycles. The molecule has 1 rings (SSSR count). The number of nitrogens with one attached hydrogen (secondary N) is 1. The van der Waals surface area contributed by atoms with E-state index in [1.165, 1.54) is 11.3 Å². The quantitative estimate of drug-likeness (QED) is 0.734. The molecule has 0 aliphatic rings. The zero-order chi connectivity index (χ0) is 9.68. The summed E-state index contributed by atoms with van der Waals surface area (Å²) in [5.74, 6) is 0.190. The molecule has 1 atom stereocenters. The van der Waals surface area contributed by atoms with Crippen molar-refractivity contribution in [3.05, 3.63) is 22.4 Å². The highest BCUT2D eigenvalue weighted by molar-refractivity contribution is 7.12. The molecular formula is C10H15NOS. The van der Waals surface area contributed by atoms with Crippen LogP contribution in [0.3, 0.4) is 0 Å². The lowest BCUT2D eigenvalue weighted by Gasteiger charge is -2.09. The van der Waals surface area contributed by atoms with Crippen molar-refractivity contribution in [3.63, 3.8) is 0 Å². The Kier molecular flexibility index (Phi) is 4.12. The molecule has 0 aromatic carbocycles. The summed E-state index contributed by atoms with van der Waals surface area (Å²) < 4.78 is 0. The molecule has 3 heteroatoms. The van der Waals surface area contributed by atoms with E-state index in [2.05, 4.69) is 19.2 Å². The lowest BCUT2D eigenvalue weighted by atomic mass is 10.2. The van der Waals surface area contributed by atoms with E-state index >= 15 is 0 Å². The largest absolute Gasteiger partial charge is 0.307 e. The zero-order valence-electron chi connectivity index (χ0n) is 8.04. The Labute approximate surface area is 83.0 Å². The summed E-state index contributed by atoms with van der Waals surface area (Å²) in [5.41, 5.74) is 0. The first-order valence-corrected chi connectivity index (χ1v) is 5.42. The van der Waals surface area contributed by atoms with Gasteiger partial charge in [-0.15, -0.1) is 11.3 Å². The van der Waals surface area contributed by atoms with Crippen LogP contribution < -0.4 is 5.32 Å². The van der Waals surface area contributed by atoms with Gasteiger partial charge in [0.2, 0.25) is 0 Å². The molecule has 0 spiro atoms. The smallest absolute Gasteiger partial charge is 0.186 e. The van der Waals surface area contributed by atoms with Crippen LogP contribution in [0.4, 0.5) is 0 Å². The first-order valence-electron chi connectivity index (χ1n) is 4.54. The van der Waals surface area contributed by atoms with Crippen molar-refractivity contribution in [1.29, 1.82) is 0 Å². The molecule has 13 heavy (non-hydrogen) atoms. The fourth-order valence-electron chi connectivity index (χ4n) is 0.936. The van der Waals surface area contributed by atoms with Crippen molar-refractivity contribution in [3.8, 4) is 0 Å². The number of carbonyl (C=O) groups is 1. The van der Waals surface area contributed by atoms with Gasteiger partial charge in [0.1, 0.15) is 0 Å². The topological polar surface area (TPSA) is 29.1 Å². The molecule has 0 radical (unpaired) electrons. The van der Waals surface area contributed by atoms with Crippen LogP contribution in [0.2, 0.25) is 0 Å². The van der Waals surface area contributed by atoms with E-state index in [1.807, 2.05) is 17.5 Å². The first kappa shape index (κ1) is 10.4. The molecule has 2 nitrogen and oxygen atoms in total. The van der Waals surface area contributed by atoms with Crippen molar-refractivity contribution in [2.45, 2.75) is 26.3 Å². The van der Waals surface area contributed by atoms with Gasteiger partial charge >= 0.3 is 0 Å². The van der Waals surface area contributed by atoms with Crippen LogP contribution in [0.15, 0.2) is 17.5 Å². The highest BCUT2D eigenvalue weighted by Gasteiger charge is 2.07. The Bertz CT molecular complexity index is 256. The molecule has 1 heterocycles. The van der Waals surface area contributed by atoms with Gasteiger partial charge in [-0.25, -0.2) is 0 Å². The van der Waals surface area contributed by atoms with Crippen LogP contribution in [-0.4, -0.2) is 18.4 Å². The van der Waals surface area contributed by atoms with Gasteiger partial charge in [-0.1, -0.05) is 13.0 Å². The fraction of sp³-hybridized carbons (Fsp3) is 0.500. The zero-order valence-corrected chi connectivity index (χ0v) is 8.86. The van der Waals surface area contributed by atoms with E-state index in [4.69, 9.17) is 0 Å². The Balaban J connectivity index is 2.35. The number of carbonyl (C=O) groups excluding carboxylic acids is 1. The molecule has 72 valence electrons. The molecule has 0 bridgehead atoms. The van der Waals surface area contributed by atoms with Crippen molar-refractivity contribution in [2.24, 2.45) is 0 Å². The molecule has 0 aliphatic heterocycles. The summed E-state index contributed by atoms with van der Waals surface area (Å²) in [6.07, 6.45) is 1.05. The average Bonchev–Trinajstić information content (AvgIpc) is 2.66. The minimum atomic E-state index is 0.190. The first-order chi connectivity index (χ1) is 6.24. The highest BCUT2D eigenvalue weighted by atomic mass is 32.1. The summed E-state index contributed by atoms with van der Waals surface area (Å²) in [7, 11) is 0. The number of thiophene rings is 1. The summed E-state index contributed by atoms with van der Waals surface area (Å²) >= 11 is 1.50. The Morgan fingerprint density at radius 3 is 3.00 bits per heavy atom. The average molecular weight is 197 g/mol. The monoisotopic (exact) mass is 197 g/mol. The Hall–Kier alpha value is -0.670. The molecule has 1 unspecified atom stereocenters. The Morgan fingerprint density at radius 2 is 2.46 bits per heavy atom. The van der Waals surface area contributed by atoms with Crippen molar-refractivity contribution >= 4 is 17.1 Å². The number of Topliss-reactive ketones (excluding diaryl/α,β-unsaturated/α-hetero) is 1. The molecule has 0 aliphatic carbocycles.